The minimum absolute atomic E-state index is 0.0579. The average Bonchev–Trinajstić information content (AvgIpc) is 3.12. The van der Waals surface area contributed by atoms with Crippen LogP contribution in [0.3, 0.4) is 0 Å². The quantitative estimate of drug-likeness (QED) is 0.250. The topological polar surface area (TPSA) is 89.0 Å². The van der Waals surface area contributed by atoms with E-state index in [-0.39, 0.29) is 23.4 Å². The van der Waals surface area contributed by atoms with Crippen LogP contribution in [-0.4, -0.2) is 40.4 Å². The summed E-state index contributed by atoms with van der Waals surface area (Å²) < 4.78 is 11.3. The molecule has 7 nitrogen and oxygen atoms in total. The SMILES string of the molecule is COc1ccc(Cl)cc1/C(O)=C1\C(=O)C(=O)N(Cc2ccccn2)C1c1cccc(OCC(C)C)c1. The number of halogens is 1. The van der Waals surface area contributed by atoms with E-state index >= 15 is 0 Å². The minimum Gasteiger partial charge on any atom is -0.507 e. The van der Waals surface area contributed by atoms with Crippen molar-refractivity contribution in [2.75, 3.05) is 13.7 Å². The van der Waals surface area contributed by atoms with Gasteiger partial charge in [0, 0.05) is 11.2 Å². The van der Waals surface area contributed by atoms with Gasteiger partial charge in [-0.15, -0.1) is 0 Å². The summed E-state index contributed by atoms with van der Waals surface area (Å²) in [5.41, 5.74) is 1.39. The van der Waals surface area contributed by atoms with Crippen LogP contribution in [0.1, 0.15) is 36.7 Å². The molecule has 186 valence electrons. The zero-order chi connectivity index (χ0) is 25.8. The molecule has 4 rings (SSSR count). The Labute approximate surface area is 214 Å². The minimum atomic E-state index is -0.877. The number of pyridine rings is 1. The van der Waals surface area contributed by atoms with Gasteiger partial charge >= 0.3 is 0 Å². The molecule has 36 heavy (non-hydrogen) atoms. The molecule has 1 aliphatic heterocycles. The Bertz CT molecular complexity index is 1310. The smallest absolute Gasteiger partial charge is 0.296 e. The first-order chi connectivity index (χ1) is 17.3. The lowest BCUT2D eigenvalue weighted by Crippen LogP contribution is -2.29. The van der Waals surface area contributed by atoms with Gasteiger partial charge in [-0.3, -0.25) is 14.6 Å². The summed E-state index contributed by atoms with van der Waals surface area (Å²) in [6.45, 7) is 4.68. The lowest BCUT2D eigenvalue weighted by molar-refractivity contribution is -0.140. The third-order valence-electron chi connectivity index (χ3n) is 5.77. The molecule has 1 atom stereocenters. The van der Waals surface area contributed by atoms with Crippen LogP contribution < -0.4 is 9.47 Å². The van der Waals surface area contributed by atoms with Crippen molar-refractivity contribution >= 4 is 29.1 Å². The molecule has 1 fully saturated rings. The van der Waals surface area contributed by atoms with Crippen LogP contribution in [0.25, 0.3) is 5.76 Å². The van der Waals surface area contributed by atoms with Gasteiger partial charge in [0.2, 0.25) is 0 Å². The number of aliphatic hydroxyl groups excluding tert-OH is 1. The molecule has 1 aliphatic rings. The second-order valence-electron chi connectivity index (χ2n) is 8.87. The summed E-state index contributed by atoms with van der Waals surface area (Å²) in [4.78, 5) is 32.4. The Morgan fingerprint density at radius 3 is 2.61 bits per heavy atom. The molecule has 0 spiro atoms. The molecule has 1 N–H and O–H groups in total. The van der Waals surface area contributed by atoms with Gasteiger partial charge in [-0.25, -0.2) is 0 Å². The number of carbonyl (C=O) groups excluding carboxylic acids is 2. The van der Waals surface area contributed by atoms with E-state index in [2.05, 4.69) is 4.98 Å². The Balaban J connectivity index is 1.87. The van der Waals surface area contributed by atoms with Gasteiger partial charge in [0.05, 0.1) is 43.1 Å². The number of ether oxygens (including phenoxy) is 2. The number of nitrogens with zero attached hydrogens (tertiary/aromatic N) is 2. The first-order valence-electron chi connectivity index (χ1n) is 11.5. The number of Topliss-reactive ketones (excluding diaryl/α,β-unsaturated/α-hetero) is 1. The highest BCUT2D eigenvalue weighted by atomic mass is 35.5. The predicted octanol–water partition coefficient (Wildman–Crippen LogP) is 5.40. The zero-order valence-corrected chi connectivity index (χ0v) is 21.0. The van der Waals surface area contributed by atoms with Crippen molar-refractivity contribution in [1.29, 1.82) is 0 Å². The first kappa shape index (κ1) is 25.3. The number of aromatic nitrogens is 1. The molecule has 2 aromatic carbocycles. The molecule has 8 heteroatoms. The Morgan fingerprint density at radius 2 is 1.92 bits per heavy atom. The number of likely N-dealkylation sites (tertiary alicyclic amines) is 1. The van der Waals surface area contributed by atoms with Crippen molar-refractivity contribution in [3.63, 3.8) is 0 Å². The molecular formula is C28H27ClN2O5. The largest absolute Gasteiger partial charge is 0.507 e. The fourth-order valence-corrected chi connectivity index (χ4v) is 4.28. The third kappa shape index (κ3) is 5.21. The van der Waals surface area contributed by atoms with E-state index in [1.807, 2.05) is 26.0 Å². The molecule has 1 saturated heterocycles. The Morgan fingerprint density at radius 1 is 1.11 bits per heavy atom. The van der Waals surface area contributed by atoms with Gasteiger partial charge in [0.15, 0.2) is 0 Å². The van der Waals surface area contributed by atoms with Gasteiger partial charge in [-0.05, 0) is 53.9 Å². The van der Waals surface area contributed by atoms with E-state index in [1.165, 1.54) is 18.1 Å². The lowest BCUT2D eigenvalue weighted by Gasteiger charge is -2.25. The van der Waals surface area contributed by atoms with E-state index < -0.39 is 17.7 Å². The molecule has 1 unspecified atom stereocenters. The van der Waals surface area contributed by atoms with Gasteiger partial charge in [0.25, 0.3) is 11.7 Å². The van der Waals surface area contributed by atoms with Crippen LogP contribution in [0.5, 0.6) is 11.5 Å². The highest BCUT2D eigenvalue weighted by molar-refractivity contribution is 6.46. The number of benzene rings is 2. The predicted molar refractivity (Wildman–Crippen MR) is 137 cm³/mol. The van der Waals surface area contributed by atoms with E-state index in [4.69, 9.17) is 21.1 Å². The maximum absolute atomic E-state index is 13.4. The number of hydrogen-bond donors (Lipinski definition) is 1. The first-order valence-corrected chi connectivity index (χ1v) is 11.9. The maximum atomic E-state index is 13.4. The van der Waals surface area contributed by atoms with Gasteiger partial charge in [0.1, 0.15) is 17.3 Å². The number of amides is 1. The van der Waals surface area contributed by atoms with E-state index in [9.17, 15) is 14.7 Å². The summed E-state index contributed by atoms with van der Waals surface area (Å²) in [6, 6.07) is 16.4. The van der Waals surface area contributed by atoms with Crippen LogP contribution in [0.15, 0.2) is 72.4 Å². The van der Waals surface area contributed by atoms with Crippen LogP contribution in [0, 0.1) is 5.92 Å². The summed E-state index contributed by atoms with van der Waals surface area (Å²) in [5.74, 6) is -0.662. The molecule has 0 saturated carbocycles. The van der Waals surface area contributed by atoms with Crippen molar-refractivity contribution in [1.82, 2.24) is 9.88 Å². The average molecular weight is 507 g/mol. The number of hydrogen-bond acceptors (Lipinski definition) is 6. The van der Waals surface area contributed by atoms with E-state index in [1.54, 1.807) is 48.7 Å². The maximum Gasteiger partial charge on any atom is 0.296 e. The molecule has 0 bridgehead atoms. The molecule has 0 radical (unpaired) electrons. The Kier molecular flexibility index (Phi) is 7.60. The third-order valence-corrected chi connectivity index (χ3v) is 6.01. The molecule has 1 aromatic heterocycles. The number of rotatable bonds is 8. The van der Waals surface area contributed by atoms with Crippen LogP contribution in [0.2, 0.25) is 5.02 Å². The standard InChI is InChI=1S/C28H27ClN2O5/c1-17(2)16-36-21-9-6-7-18(13-21)25-24(26(32)22-14-19(29)10-11-23(22)35-3)27(33)28(34)31(25)15-20-8-4-5-12-30-20/h4-14,17,25,32H,15-16H2,1-3H3/b26-24+. The number of ketones is 1. The van der Waals surface area contributed by atoms with Crippen molar-refractivity contribution in [2.24, 2.45) is 5.92 Å². The van der Waals surface area contributed by atoms with Crippen LogP contribution in [0.4, 0.5) is 0 Å². The summed E-state index contributed by atoms with van der Waals surface area (Å²) in [7, 11) is 1.45. The molecule has 0 aliphatic carbocycles. The van der Waals surface area contributed by atoms with Gasteiger partial charge < -0.3 is 19.5 Å². The van der Waals surface area contributed by atoms with E-state index in [0.717, 1.165) is 0 Å². The molecule has 1 amide bonds. The van der Waals surface area contributed by atoms with Gasteiger partial charge in [-0.1, -0.05) is 43.6 Å². The fourth-order valence-electron chi connectivity index (χ4n) is 4.10. The highest BCUT2D eigenvalue weighted by Gasteiger charge is 2.46. The van der Waals surface area contributed by atoms with E-state index in [0.29, 0.717) is 40.3 Å². The normalized spacial score (nSPS) is 17.0. The van der Waals surface area contributed by atoms with Gasteiger partial charge in [-0.2, -0.15) is 0 Å². The second-order valence-corrected chi connectivity index (χ2v) is 9.31. The van der Waals surface area contributed by atoms with Crippen molar-refractivity contribution < 1.29 is 24.2 Å². The summed E-state index contributed by atoms with van der Waals surface area (Å²) in [5, 5.41) is 11.7. The molecule has 3 aromatic rings. The van der Waals surface area contributed by atoms with Crippen molar-refractivity contribution in [3.05, 3.63) is 94.3 Å². The molecule has 2 heterocycles. The summed E-state index contributed by atoms with van der Waals surface area (Å²) in [6.07, 6.45) is 1.62. The number of aliphatic hydroxyl groups is 1. The summed E-state index contributed by atoms with van der Waals surface area (Å²) >= 11 is 6.18. The van der Waals surface area contributed by atoms with Crippen molar-refractivity contribution in [2.45, 2.75) is 26.4 Å². The monoisotopic (exact) mass is 506 g/mol. The number of carbonyl (C=O) groups is 2. The fraction of sp³-hybridized carbons (Fsp3) is 0.250. The van der Waals surface area contributed by atoms with Crippen molar-refractivity contribution in [3.8, 4) is 11.5 Å². The zero-order valence-electron chi connectivity index (χ0n) is 20.3. The lowest BCUT2D eigenvalue weighted by atomic mass is 9.94. The van der Waals surface area contributed by atoms with Crippen LogP contribution >= 0.6 is 11.6 Å². The highest BCUT2D eigenvalue weighted by Crippen LogP contribution is 2.42. The molecular weight excluding hydrogens is 480 g/mol. The second kappa shape index (κ2) is 10.8. The Hall–Kier alpha value is -3.84. The van der Waals surface area contributed by atoms with Crippen LogP contribution in [-0.2, 0) is 16.1 Å². The number of methoxy groups -OCH3 is 1.